The van der Waals surface area contributed by atoms with Crippen molar-refractivity contribution in [3.05, 3.63) is 33.3 Å². The molecule has 1 aromatic rings. The van der Waals surface area contributed by atoms with E-state index in [1.54, 1.807) is 0 Å². The van der Waals surface area contributed by atoms with Gasteiger partial charge in [0, 0.05) is 22.0 Å². The SMILES string of the molecule is Cc1ccc(Br)c2c1CSC[C@@H]2N. The van der Waals surface area contributed by atoms with Gasteiger partial charge in [-0.25, -0.2) is 0 Å². The normalized spacial score (nSPS) is 21.3. The summed E-state index contributed by atoms with van der Waals surface area (Å²) in [6.07, 6.45) is 0. The maximum atomic E-state index is 6.07. The second kappa shape index (κ2) is 3.64. The first-order valence-electron chi connectivity index (χ1n) is 4.31. The number of hydrogen-bond donors (Lipinski definition) is 1. The fourth-order valence-corrected chi connectivity index (χ4v) is 3.50. The summed E-state index contributed by atoms with van der Waals surface area (Å²) in [6, 6.07) is 4.45. The number of fused-ring (bicyclic) bond motifs is 1. The van der Waals surface area contributed by atoms with Crippen LogP contribution in [0, 0.1) is 6.92 Å². The summed E-state index contributed by atoms with van der Waals surface area (Å²) in [5.74, 6) is 2.14. The Bertz CT molecular complexity index is 338. The smallest absolute Gasteiger partial charge is 0.0401 e. The number of thioether (sulfide) groups is 1. The molecule has 1 nitrogen and oxygen atoms in total. The van der Waals surface area contributed by atoms with Gasteiger partial charge in [-0.1, -0.05) is 22.0 Å². The highest BCUT2D eigenvalue weighted by Crippen LogP contribution is 2.36. The molecule has 1 aliphatic rings. The van der Waals surface area contributed by atoms with E-state index in [-0.39, 0.29) is 6.04 Å². The van der Waals surface area contributed by atoms with Crippen LogP contribution in [-0.4, -0.2) is 5.75 Å². The van der Waals surface area contributed by atoms with E-state index in [1.807, 2.05) is 11.8 Å². The molecule has 0 fully saturated rings. The van der Waals surface area contributed by atoms with Crippen molar-refractivity contribution in [3.63, 3.8) is 0 Å². The minimum absolute atomic E-state index is 0.197. The van der Waals surface area contributed by atoms with Crippen molar-refractivity contribution in [2.75, 3.05) is 5.75 Å². The van der Waals surface area contributed by atoms with Crippen LogP contribution in [0.15, 0.2) is 16.6 Å². The third-order valence-corrected chi connectivity index (χ3v) is 4.23. The van der Waals surface area contributed by atoms with Gasteiger partial charge in [0.25, 0.3) is 0 Å². The molecular weight excluding hydrogens is 246 g/mol. The van der Waals surface area contributed by atoms with Crippen LogP contribution in [0.4, 0.5) is 0 Å². The van der Waals surface area contributed by atoms with E-state index < -0.39 is 0 Å². The van der Waals surface area contributed by atoms with Crippen molar-refractivity contribution in [1.82, 2.24) is 0 Å². The van der Waals surface area contributed by atoms with E-state index in [4.69, 9.17) is 5.73 Å². The van der Waals surface area contributed by atoms with Crippen LogP contribution < -0.4 is 5.73 Å². The van der Waals surface area contributed by atoms with E-state index in [0.29, 0.717) is 0 Å². The number of benzene rings is 1. The molecule has 0 bridgehead atoms. The van der Waals surface area contributed by atoms with Crippen molar-refractivity contribution in [1.29, 1.82) is 0 Å². The quantitative estimate of drug-likeness (QED) is 0.774. The monoisotopic (exact) mass is 257 g/mol. The van der Waals surface area contributed by atoms with Gasteiger partial charge in [-0.3, -0.25) is 0 Å². The summed E-state index contributed by atoms with van der Waals surface area (Å²) < 4.78 is 1.17. The molecule has 2 rings (SSSR count). The Hall–Kier alpha value is 0.01000. The summed E-state index contributed by atoms with van der Waals surface area (Å²) in [6.45, 7) is 2.16. The van der Waals surface area contributed by atoms with Gasteiger partial charge in [-0.05, 0) is 29.7 Å². The zero-order chi connectivity index (χ0) is 9.42. The predicted octanol–water partition coefficient (Wildman–Crippen LogP) is 3.00. The lowest BCUT2D eigenvalue weighted by Crippen LogP contribution is -2.20. The van der Waals surface area contributed by atoms with Crippen molar-refractivity contribution in [3.8, 4) is 0 Å². The van der Waals surface area contributed by atoms with Crippen LogP contribution in [0.2, 0.25) is 0 Å². The average Bonchev–Trinajstić information content (AvgIpc) is 2.12. The van der Waals surface area contributed by atoms with Gasteiger partial charge in [0.05, 0.1) is 0 Å². The van der Waals surface area contributed by atoms with Gasteiger partial charge >= 0.3 is 0 Å². The Morgan fingerprint density at radius 1 is 1.54 bits per heavy atom. The topological polar surface area (TPSA) is 26.0 Å². The minimum Gasteiger partial charge on any atom is -0.323 e. The molecule has 0 aliphatic carbocycles. The predicted molar refractivity (Wildman–Crippen MR) is 62.0 cm³/mol. The Morgan fingerprint density at radius 2 is 2.31 bits per heavy atom. The van der Waals surface area contributed by atoms with Gasteiger partial charge in [0.2, 0.25) is 0 Å². The van der Waals surface area contributed by atoms with E-state index in [0.717, 1.165) is 11.5 Å². The van der Waals surface area contributed by atoms with Crippen molar-refractivity contribution < 1.29 is 0 Å². The highest BCUT2D eigenvalue weighted by atomic mass is 79.9. The Morgan fingerprint density at radius 3 is 3.00 bits per heavy atom. The molecule has 0 spiro atoms. The number of hydrogen-bond acceptors (Lipinski definition) is 2. The molecule has 0 unspecified atom stereocenters. The van der Waals surface area contributed by atoms with E-state index in [1.165, 1.54) is 21.2 Å². The molecule has 1 heterocycles. The lowest BCUT2D eigenvalue weighted by atomic mass is 9.98. The van der Waals surface area contributed by atoms with Crippen LogP contribution in [0.25, 0.3) is 0 Å². The van der Waals surface area contributed by atoms with Gasteiger partial charge in [0.1, 0.15) is 0 Å². The molecule has 1 atom stereocenters. The Kier molecular flexibility index (Phi) is 2.67. The summed E-state index contributed by atoms with van der Waals surface area (Å²) in [7, 11) is 0. The van der Waals surface area contributed by atoms with Crippen molar-refractivity contribution >= 4 is 27.7 Å². The summed E-state index contributed by atoms with van der Waals surface area (Å²) >= 11 is 5.49. The molecule has 3 heteroatoms. The van der Waals surface area contributed by atoms with Gasteiger partial charge < -0.3 is 5.73 Å². The summed E-state index contributed by atoms with van der Waals surface area (Å²) in [5.41, 5.74) is 10.2. The molecule has 70 valence electrons. The molecule has 0 aromatic heterocycles. The second-order valence-corrected chi connectivity index (χ2v) is 5.26. The Labute approximate surface area is 91.2 Å². The molecule has 2 N–H and O–H groups in total. The number of nitrogens with two attached hydrogens (primary N) is 1. The van der Waals surface area contributed by atoms with Crippen LogP contribution >= 0.6 is 27.7 Å². The first kappa shape index (κ1) is 9.56. The van der Waals surface area contributed by atoms with E-state index >= 15 is 0 Å². The van der Waals surface area contributed by atoms with Crippen LogP contribution in [0.3, 0.4) is 0 Å². The second-order valence-electron chi connectivity index (χ2n) is 3.38. The molecule has 1 aromatic carbocycles. The number of rotatable bonds is 0. The lowest BCUT2D eigenvalue weighted by molar-refractivity contribution is 0.801. The number of aryl methyl sites for hydroxylation is 1. The average molecular weight is 258 g/mol. The first-order valence-corrected chi connectivity index (χ1v) is 6.26. The van der Waals surface area contributed by atoms with Gasteiger partial charge in [-0.2, -0.15) is 11.8 Å². The molecule has 0 saturated carbocycles. The first-order chi connectivity index (χ1) is 6.20. The van der Waals surface area contributed by atoms with E-state index in [2.05, 4.69) is 35.0 Å². The minimum atomic E-state index is 0.197. The molecule has 0 amide bonds. The Balaban J connectivity index is 2.60. The summed E-state index contributed by atoms with van der Waals surface area (Å²) in [4.78, 5) is 0. The van der Waals surface area contributed by atoms with Crippen LogP contribution in [0.1, 0.15) is 22.7 Å². The maximum Gasteiger partial charge on any atom is 0.0401 e. The fraction of sp³-hybridized carbons (Fsp3) is 0.400. The standard InChI is InChI=1S/C10H12BrNS/c1-6-2-3-8(11)10-7(6)4-13-5-9(10)12/h2-3,9H,4-5,12H2,1H3/t9-/m0/s1. The molecular formula is C10H12BrNS. The summed E-state index contributed by atoms with van der Waals surface area (Å²) in [5, 5.41) is 0. The lowest BCUT2D eigenvalue weighted by Gasteiger charge is -2.24. The third-order valence-electron chi connectivity index (χ3n) is 2.45. The highest BCUT2D eigenvalue weighted by Gasteiger charge is 2.20. The maximum absolute atomic E-state index is 6.07. The number of halogens is 1. The zero-order valence-corrected chi connectivity index (χ0v) is 9.91. The van der Waals surface area contributed by atoms with Crippen LogP contribution in [0.5, 0.6) is 0 Å². The van der Waals surface area contributed by atoms with Crippen LogP contribution in [-0.2, 0) is 5.75 Å². The highest BCUT2D eigenvalue weighted by molar-refractivity contribution is 9.10. The molecule has 13 heavy (non-hydrogen) atoms. The molecule has 1 aliphatic heterocycles. The van der Waals surface area contributed by atoms with Gasteiger partial charge in [0.15, 0.2) is 0 Å². The van der Waals surface area contributed by atoms with Gasteiger partial charge in [-0.15, -0.1) is 0 Å². The third kappa shape index (κ3) is 1.65. The van der Waals surface area contributed by atoms with Crippen molar-refractivity contribution in [2.45, 2.75) is 18.7 Å². The zero-order valence-electron chi connectivity index (χ0n) is 7.51. The largest absolute Gasteiger partial charge is 0.323 e. The van der Waals surface area contributed by atoms with Crippen molar-refractivity contribution in [2.24, 2.45) is 5.73 Å². The fourth-order valence-electron chi connectivity index (χ4n) is 1.71. The molecule has 0 saturated heterocycles. The van der Waals surface area contributed by atoms with E-state index in [9.17, 15) is 0 Å². The molecule has 0 radical (unpaired) electrons.